The fraction of sp³-hybridized carbons (Fsp3) is 0.176. The molecule has 2 aromatic carbocycles. The minimum absolute atomic E-state index is 0.0516. The van der Waals surface area contributed by atoms with Crippen LogP contribution in [0.5, 0.6) is 5.75 Å². The van der Waals surface area contributed by atoms with E-state index in [9.17, 15) is 19.7 Å². The first-order valence-corrected chi connectivity index (χ1v) is 7.83. The van der Waals surface area contributed by atoms with Crippen molar-refractivity contribution in [3.63, 3.8) is 0 Å². The Morgan fingerprint density at radius 3 is 2.62 bits per heavy atom. The van der Waals surface area contributed by atoms with Gasteiger partial charge in [-0.1, -0.05) is 17.7 Å². The fourth-order valence-electron chi connectivity index (χ4n) is 2.19. The number of likely N-dealkylation sites (N-methyl/N-ethyl adjacent to an activating group) is 1. The quantitative estimate of drug-likeness (QED) is 0.616. The molecule has 1 N–H and O–H groups in total. The molecule has 2 aromatic rings. The SMILES string of the molecule is COc1cccc(NC(=O)CN(C)C(=O)c2ccc([N+](=O)[O-])cc2Cl)c1. The van der Waals surface area contributed by atoms with Gasteiger partial charge in [-0.2, -0.15) is 0 Å². The number of ether oxygens (including phenoxy) is 1. The van der Waals surface area contributed by atoms with Crippen molar-refractivity contribution in [1.82, 2.24) is 4.90 Å². The Kier molecular flexibility index (Phi) is 6.13. The third kappa shape index (κ3) is 4.70. The van der Waals surface area contributed by atoms with E-state index in [4.69, 9.17) is 16.3 Å². The first-order valence-electron chi connectivity index (χ1n) is 7.45. The highest BCUT2D eigenvalue weighted by atomic mass is 35.5. The predicted octanol–water partition coefficient (Wildman–Crippen LogP) is 2.97. The maximum atomic E-state index is 12.4. The van der Waals surface area contributed by atoms with Crippen LogP contribution in [0.2, 0.25) is 5.02 Å². The smallest absolute Gasteiger partial charge is 0.270 e. The van der Waals surface area contributed by atoms with Crippen LogP contribution >= 0.6 is 11.6 Å². The molecule has 26 heavy (non-hydrogen) atoms. The molecule has 9 heteroatoms. The van der Waals surface area contributed by atoms with Crippen molar-refractivity contribution in [2.45, 2.75) is 0 Å². The summed E-state index contributed by atoms with van der Waals surface area (Å²) in [5.74, 6) is -0.345. The molecule has 0 bridgehead atoms. The van der Waals surface area contributed by atoms with Crippen LogP contribution in [0.15, 0.2) is 42.5 Å². The second-order valence-electron chi connectivity index (χ2n) is 5.36. The van der Waals surface area contributed by atoms with Crippen LogP contribution in [0.4, 0.5) is 11.4 Å². The lowest BCUT2D eigenvalue weighted by Crippen LogP contribution is -2.35. The summed E-state index contributed by atoms with van der Waals surface area (Å²) in [5.41, 5.74) is 0.391. The van der Waals surface area contributed by atoms with Gasteiger partial charge in [0, 0.05) is 30.9 Å². The second-order valence-corrected chi connectivity index (χ2v) is 5.77. The van der Waals surface area contributed by atoms with E-state index in [1.54, 1.807) is 24.3 Å². The normalized spacial score (nSPS) is 10.1. The highest BCUT2D eigenvalue weighted by molar-refractivity contribution is 6.34. The van der Waals surface area contributed by atoms with E-state index >= 15 is 0 Å². The number of carbonyl (C=O) groups excluding carboxylic acids is 2. The van der Waals surface area contributed by atoms with Gasteiger partial charge in [-0.15, -0.1) is 0 Å². The Hall–Kier alpha value is -3.13. The number of carbonyl (C=O) groups is 2. The average Bonchev–Trinajstić information content (AvgIpc) is 2.60. The van der Waals surface area contributed by atoms with Crippen molar-refractivity contribution in [3.8, 4) is 5.75 Å². The molecule has 0 spiro atoms. The number of nitro benzene ring substituents is 1. The van der Waals surface area contributed by atoms with E-state index < -0.39 is 16.7 Å². The molecular weight excluding hydrogens is 362 g/mol. The number of nitrogens with one attached hydrogen (secondary N) is 1. The number of nitrogens with zero attached hydrogens (tertiary/aromatic N) is 2. The summed E-state index contributed by atoms with van der Waals surface area (Å²) in [7, 11) is 2.95. The minimum atomic E-state index is -0.606. The molecule has 0 fully saturated rings. The molecule has 8 nitrogen and oxygen atoms in total. The zero-order valence-electron chi connectivity index (χ0n) is 14.1. The molecule has 0 atom stereocenters. The van der Waals surface area contributed by atoms with Crippen LogP contribution in [-0.2, 0) is 4.79 Å². The van der Waals surface area contributed by atoms with Gasteiger partial charge in [-0.3, -0.25) is 19.7 Å². The van der Waals surface area contributed by atoms with E-state index in [0.717, 1.165) is 6.07 Å². The number of rotatable bonds is 6. The van der Waals surface area contributed by atoms with Crippen LogP contribution in [0, 0.1) is 10.1 Å². The number of hydrogen-bond donors (Lipinski definition) is 1. The van der Waals surface area contributed by atoms with Gasteiger partial charge in [0.05, 0.1) is 29.2 Å². The Balaban J connectivity index is 2.04. The van der Waals surface area contributed by atoms with Gasteiger partial charge >= 0.3 is 0 Å². The Labute approximate surface area is 154 Å². The van der Waals surface area contributed by atoms with E-state index in [2.05, 4.69) is 5.32 Å². The molecule has 0 aliphatic heterocycles. The summed E-state index contributed by atoms with van der Waals surface area (Å²) in [6, 6.07) is 10.3. The number of nitro groups is 1. The molecule has 136 valence electrons. The lowest BCUT2D eigenvalue weighted by molar-refractivity contribution is -0.384. The zero-order valence-corrected chi connectivity index (χ0v) is 14.8. The predicted molar refractivity (Wildman–Crippen MR) is 96.7 cm³/mol. The van der Waals surface area contributed by atoms with Crippen molar-refractivity contribution < 1.29 is 19.2 Å². The molecule has 2 amide bonds. The molecule has 2 rings (SSSR count). The number of anilines is 1. The number of hydrogen-bond acceptors (Lipinski definition) is 5. The first kappa shape index (κ1) is 19.2. The van der Waals surface area contributed by atoms with Gasteiger partial charge in [0.25, 0.3) is 11.6 Å². The van der Waals surface area contributed by atoms with Crippen LogP contribution in [-0.4, -0.2) is 42.3 Å². The Morgan fingerprint density at radius 2 is 2.00 bits per heavy atom. The highest BCUT2D eigenvalue weighted by Crippen LogP contribution is 2.23. The minimum Gasteiger partial charge on any atom is -0.497 e. The number of halogens is 1. The van der Waals surface area contributed by atoms with Crippen molar-refractivity contribution >= 4 is 34.8 Å². The number of amides is 2. The molecule has 0 saturated heterocycles. The lowest BCUT2D eigenvalue weighted by Gasteiger charge is -2.17. The van der Waals surface area contributed by atoms with Gasteiger partial charge in [0.1, 0.15) is 5.75 Å². The van der Waals surface area contributed by atoms with E-state index in [1.165, 1.54) is 31.2 Å². The van der Waals surface area contributed by atoms with Crippen LogP contribution in [0.25, 0.3) is 0 Å². The Morgan fingerprint density at radius 1 is 1.27 bits per heavy atom. The third-order valence-electron chi connectivity index (χ3n) is 3.47. The van der Waals surface area contributed by atoms with Gasteiger partial charge in [-0.05, 0) is 18.2 Å². The van der Waals surface area contributed by atoms with Gasteiger partial charge in [-0.25, -0.2) is 0 Å². The summed E-state index contributed by atoms with van der Waals surface area (Å²) in [4.78, 5) is 35.8. The average molecular weight is 378 g/mol. The molecule has 0 heterocycles. The van der Waals surface area contributed by atoms with Crippen molar-refractivity contribution in [2.75, 3.05) is 26.0 Å². The summed E-state index contributed by atoms with van der Waals surface area (Å²) in [6.45, 7) is -0.219. The van der Waals surface area contributed by atoms with Gasteiger partial charge < -0.3 is 15.0 Å². The van der Waals surface area contributed by atoms with E-state index in [1.807, 2.05) is 0 Å². The molecule has 0 radical (unpaired) electrons. The summed E-state index contributed by atoms with van der Waals surface area (Å²) >= 11 is 5.95. The molecule has 0 aromatic heterocycles. The number of non-ortho nitro benzene ring substituents is 1. The zero-order chi connectivity index (χ0) is 19.3. The van der Waals surface area contributed by atoms with Crippen molar-refractivity contribution in [3.05, 3.63) is 63.2 Å². The second kappa shape index (κ2) is 8.30. The highest BCUT2D eigenvalue weighted by Gasteiger charge is 2.20. The Bertz CT molecular complexity index is 856. The number of benzene rings is 2. The van der Waals surface area contributed by atoms with Crippen LogP contribution in [0.1, 0.15) is 10.4 Å². The van der Waals surface area contributed by atoms with Crippen molar-refractivity contribution in [2.24, 2.45) is 0 Å². The lowest BCUT2D eigenvalue weighted by atomic mass is 10.2. The van der Waals surface area contributed by atoms with E-state index in [0.29, 0.717) is 11.4 Å². The van der Waals surface area contributed by atoms with Gasteiger partial charge in [0.2, 0.25) is 5.91 Å². The van der Waals surface area contributed by atoms with E-state index in [-0.39, 0.29) is 22.8 Å². The molecule has 0 unspecified atom stereocenters. The molecule has 0 aliphatic carbocycles. The molecule has 0 aliphatic rings. The summed E-state index contributed by atoms with van der Waals surface area (Å²) in [5, 5.41) is 13.3. The van der Waals surface area contributed by atoms with Crippen LogP contribution in [0.3, 0.4) is 0 Å². The first-order chi connectivity index (χ1) is 12.3. The molecular formula is C17H16ClN3O5. The summed E-state index contributed by atoms with van der Waals surface area (Å²) < 4.78 is 5.07. The standard InChI is InChI=1S/C17H16ClN3O5/c1-20(10-16(22)19-11-4-3-5-13(8-11)26-2)17(23)14-7-6-12(21(24)25)9-15(14)18/h3-9H,10H2,1-2H3,(H,19,22). The van der Waals surface area contributed by atoms with Crippen LogP contribution < -0.4 is 10.1 Å². The summed E-state index contributed by atoms with van der Waals surface area (Å²) in [6.07, 6.45) is 0. The fourth-order valence-corrected chi connectivity index (χ4v) is 2.44. The monoisotopic (exact) mass is 377 g/mol. The maximum Gasteiger partial charge on any atom is 0.270 e. The van der Waals surface area contributed by atoms with Gasteiger partial charge in [0.15, 0.2) is 0 Å². The molecule has 0 saturated carbocycles. The largest absolute Gasteiger partial charge is 0.497 e. The number of methoxy groups -OCH3 is 1. The topological polar surface area (TPSA) is 102 Å². The maximum absolute atomic E-state index is 12.4. The third-order valence-corrected chi connectivity index (χ3v) is 3.79. The van der Waals surface area contributed by atoms with Crippen molar-refractivity contribution in [1.29, 1.82) is 0 Å².